The lowest BCUT2D eigenvalue weighted by molar-refractivity contribution is 0.0702. The highest BCUT2D eigenvalue weighted by Crippen LogP contribution is 2.26. The molecule has 1 amide bonds. The van der Waals surface area contributed by atoms with Crippen molar-refractivity contribution >= 4 is 5.91 Å². The second-order valence-electron chi connectivity index (χ2n) is 5.19. The van der Waals surface area contributed by atoms with Crippen LogP contribution in [0.4, 0.5) is 0 Å². The highest BCUT2D eigenvalue weighted by Gasteiger charge is 2.25. The van der Waals surface area contributed by atoms with Gasteiger partial charge >= 0.3 is 0 Å². The quantitative estimate of drug-likeness (QED) is 0.901. The van der Waals surface area contributed by atoms with E-state index in [9.17, 15) is 4.79 Å². The van der Waals surface area contributed by atoms with Gasteiger partial charge in [0.05, 0.1) is 19.8 Å². The molecule has 0 saturated carbocycles. The Hall–Kier alpha value is -1.75. The summed E-state index contributed by atoms with van der Waals surface area (Å²) in [6, 6.07) is 5.84. The van der Waals surface area contributed by atoms with Gasteiger partial charge in [0, 0.05) is 19.1 Å². The van der Waals surface area contributed by atoms with Crippen LogP contribution in [0, 0.1) is 0 Å². The largest absolute Gasteiger partial charge is 0.497 e. The summed E-state index contributed by atoms with van der Waals surface area (Å²) in [6.45, 7) is 4.63. The van der Waals surface area contributed by atoms with Crippen LogP contribution in [0.25, 0.3) is 0 Å². The van der Waals surface area contributed by atoms with Gasteiger partial charge in [0.2, 0.25) is 0 Å². The molecule has 0 aromatic heterocycles. The Labute approximate surface area is 126 Å². The van der Waals surface area contributed by atoms with E-state index in [2.05, 4.69) is 12.2 Å². The molecule has 1 saturated heterocycles. The lowest BCUT2D eigenvalue weighted by Gasteiger charge is -2.32. The lowest BCUT2D eigenvalue weighted by Crippen LogP contribution is -2.44. The Bertz CT molecular complexity index is 482. The summed E-state index contributed by atoms with van der Waals surface area (Å²) in [5, 5.41) is 3.44. The van der Waals surface area contributed by atoms with E-state index < -0.39 is 0 Å². The number of ether oxygens (including phenoxy) is 2. The molecule has 1 aliphatic rings. The number of benzene rings is 1. The van der Waals surface area contributed by atoms with Crippen LogP contribution in [0.5, 0.6) is 11.5 Å². The zero-order valence-corrected chi connectivity index (χ0v) is 13.0. The Morgan fingerprint density at radius 3 is 2.57 bits per heavy atom. The Balaban J connectivity index is 2.10. The maximum Gasteiger partial charge on any atom is 0.257 e. The zero-order chi connectivity index (χ0) is 15.2. The SMILES string of the molecule is CCNC1CCN(C(=O)c2cc(OC)ccc2OC)CC1. The molecule has 0 spiro atoms. The number of carbonyl (C=O) groups excluding carboxylic acids is 1. The van der Waals surface area contributed by atoms with E-state index in [1.807, 2.05) is 4.90 Å². The van der Waals surface area contributed by atoms with Gasteiger partial charge in [0.25, 0.3) is 5.91 Å². The summed E-state index contributed by atoms with van der Waals surface area (Å²) >= 11 is 0. The van der Waals surface area contributed by atoms with E-state index >= 15 is 0 Å². The van der Waals surface area contributed by atoms with Gasteiger partial charge in [0.15, 0.2) is 0 Å². The molecule has 116 valence electrons. The fraction of sp³-hybridized carbons (Fsp3) is 0.562. The van der Waals surface area contributed by atoms with Gasteiger partial charge in [-0.15, -0.1) is 0 Å². The first-order valence-electron chi connectivity index (χ1n) is 7.44. The molecule has 0 aliphatic carbocycles. The zero-order valence-electron chi connectivity index (χ0n) is 13.0. The molecule has 5 heteroatoms. The maximum atomic E-state index is 12.7. The van der Waals surface area contributed by atoms with Crippen LogP contribution >= 0.6 is 0 Å². The maximum absolute atomic E-state index is 12.7. The first-order chi connectivity index (χ1) is 10.2. The van der Waals surface area contributed by atoms with Crippen LogP contribution in [-0.4, -0.2) is 50.7 Å². The van der Waals surface area contributed by atoms with Crippen LogP contribution < -0.4 is 14.8 Å². The average molecular weight is 292 g/mol. The molecule has 0 bridgehead atoms. The standard InChI is InChI=1S/C16H24N2O3/c1-4-17-12-7-9-18(10-8-12)16(19)14-11-13(20-2)5-6-15(14)21-3/h5-6,11-12,17H,4,7-10H2,1-3H3. The van der Waals surface area contributed by atoms with Crippen molar-refractivity contribution in [2.45, 2.75) is 25.8 Å². The molecule has 1 N–H and O–H groups in total. The van der Waals surface area contributed by atoms with Crippen molar-refractivity contribution in [2.75, 3.05) is 33.9 Å². The Morgan fingerprint density at radius 1 is 1.29 bits per heavy atom. The third kappa shape index (κ3) is 3.67. The Kier molecular flexibility index (Phi) is 5.44. The topological polar surface area (TPSA) is 50.8 Å². The van der Waals surface area contributed by atoms with E-state index in [0.29, 0.717) is 23.1 Å². The molecule has 1 fully saturated rings. The van der Waals surface area contributed by atoms with E-state index in [1.165, 1.54) is 0 Å². The average Bonchev–Trinajstić information content (AvgIpc) is 2.54. The number of carbonyl (C=O) groups is 1. The number of likely N-dealkylation sites (tertiary alicyclic amines) is 1. The third-order valence-corrected chi connectivity index (χ3v) is 3.91. The lowest BCUT2D eigenvalue weighted by atomic mass is 10.0. The van der Waals surface area contributed by atoms with E-state index in [0.717, 1.165) is 32.5 Å². The second-order valence-corrected chi connectivity index (χ2v) is 5.19. The number of amides is 1. The van der Waals surface area contributed by atoms with Gasteiger partial charge in [-0.2, -0.15) is 0 Å². The summed E-state index contributed by atoms with van der Waals surface area (Å²) in [4.78, 5) is 14.6. The minimum atomic E-state index is 0.0145. The molecular weight excluding hydrogens is 268 g/mol. The van der Waals surface area contributed by atoms with Crippen LogP contribution in [0.1, 0.15) is 30.1 Å². The first kappa shape index (κ1) is 15.6. The monoisotopic (exact) mass is 292 g/mol. The highest BCUT2D eigenvalue weighted by molar-refractivity contribution is 5.97. The number of hydrogen-bond donors (Lipinski definition) is 1. The summed E-state index contributed by atoms with van der Waals surface area (Å²) in [5.41, 5.74) is 0.568. The van der Waals surface area contributed by atoms with Gasteiger partial charge in [-0.1, -0.05) is 6.92 Å². The predicted molar refractivity (Wildman–Crippen MR) is 82.1 cm³/mol. The number of piperidine rings is 1. The van der Waals surface area contributed by atoms with Crippen molar-refractivity contribution in [2.24, 2.45) is 0 Å². The smallest absolute Gasteiger partial charge is 0.257 e. The van der Waals surface area contributed by atoms with Crippen molar-refractivity contribution in [3.63, 3.8) is 0 Å². The van der Waals surface area contributed by atoms with Gasteiger partial charge < -0.3 is 19.7 Å². The van der Waals surface area contributed by atoms with E-state index in [-0.39, 0.29) is 5.91 Å². The van der Waals surface area contributed by atoms with E-state index in [4.69, 9.17) is 9.47 Å². The van der Waals surface area contributed by atoms with Crippen molar-refractivity contribution < 1.29 is 14.3 Å². The molecule has 2 rings (SSSR count). The van der Waals surface area contributed by atoms with Crippen molar-refractivity contribution in [3.8, 4) is 11.5 Å². The van der Waals surface area contributed by atoms with Gasteiger partial charge in [-0.05, 0) is 37.6 Å². The van der Waals surface area contributed by atoms with Crippen LogP contribution in [0.15, 0.2) is 18.2 Å². The summed E-state index contributed by atoms with van der Waals surface area (Å²) in [7, 11) is 3.17. The summed E-state index contributed by atoms with van der Waals surface area (Å²) < 4.78 is 10.5. The molecule has 1 aromatic rings. The fourth-order valence-electron chi connectivity index (χ4n) is 2.73. The molecule has 0 atom stereocenters. The number of methoxy groups -OCH3 is 2. The van der Waals surface area contributed by atoms with Crippen LogP contribution in [-0.2, 0) is 0 Å². The third-order valence-electron chi connectivity index (χ3n) is 3.91. The first-order valence-corrected chi connectivity index (χ1v) is 7.44. The predicted octanol–water partition coefficient (Wildman–Crippen LogP) is 1.92. The van der Waals surface area contributed by atoms with Gasteiger partial charge in [-0.3, -0.25) is 4.79 Å². The summed E-state index contributed by atoms with van der Waals surface area (Å²) in [6.07, 6.45) is 1.98. The normalized spacial score (nSPS) is 15.9. The van der Waals surface area contributed by atoms with Crippen LogP contribution in [0.3, 0.4) is 0 Å². The molecule has 21 heavy (non-hydrogen) atoms. The van der Waals surface area contributed by atoms with Crippen molar-refractivity contribution in [1.82, 2.24) is 10.2 Å². The highest BCUT2D eigenvalue weighted by atomic mass is 16.5. The minimum absolute atomic E-state index is 0.0145. The number of rotatable bonds is 5. The molecule has 1 aromatic carbocycles. The molecular formula is C16H24N2O3. The minimum Gasteiger partial charge on any atom is -0.497 e. The Morgan fingerprint density at radius 2 is 2.00 bits per heavy atom. The number of nitrogens with one attached hydrogen (secondary N) is 1. The second kappa shape index (κ2) is 7.31. The van der Waals surface area contributed by atoms with Gasteiger partial charge in [-0.25, -0.2) is 0 Å². The summed E-state index contributed by atoms with van der Waals surface area (Å²) in [5.74, 6) is 1.27. The molecule has 1 aliphatic heterocycles. The molecule has 1 heterocycles. The van der Waals surface area contributed by atoms with E-state index in [1.54, 1.807) is 32.4 Å². The molecule has 0 radical (unpaired) electrons. The van der Waals surface area contributed by atoms with Crippen LogP contribution in [0.2, 0.25) is 0 Å². The number of nitrogens with zero attached hydrogens (tertiary/aromatic N) is 1. The van der Waals surface area contributed by atoms with Gasteiger partial charge in [0.1, 0.15) is 11.5 Å². The van der Waals surface area contributed by atoms with Crippen molar-refractivity contribution in [1.29, 1.82) is 0 Å². The number of hydrogen-bond acceptors (Lipinski definition) is 4. The molecule has 0 unspecified atom stereocenters. The fourth-order valence-corrected chi connectivity index (χ4v) is 2.73. The van der Waals surface area contributed by atoms with Crippen molar-refractivity contribution in [3.05, 3.63) is 23.8 Å². The molecule has 5 nitrogen and oxygen atoms in total.